The minimum Gasteiger partial charge on any atom is -0.496 e. The zero-order valence-electron chi connectivity index (χ0n) is 12.0. The number of nitrogens with zero attached hydrogens (tertiary/aromatic N) is 1. The van der Waals surface area contributed by atoms with Gasteiger partial charge in [0.05, 0.1) is 13.0 Å². The van der Waals surface area contributed by atoms with Crippen LogP contribution in [0.4, 0.5) is 0 Å². The van der Waals surface area contributed by atoms with E-state index >= 15 is 0 Å². The number of hydrogen-bond acceptors (Lipinski definition) is 3. The van der Waals surface area contributed by atoms with Crippen molar-refractivity contribution in [1.29, 1.82) is 0 Å². The zero-order chi connectivity index (χ0) is 13.9. The van der Waals surface area contributed by atoms with Crippen LogP contribution in [0, 0.1) is 5.92 Å². The first kappa shape index (κ1) is 13.4. The molecule has 108 valence electrons. The quantitative estimate of drug-likeness (QED) is 0.890. The van der Waals surface area contributed by atoms with Crippen molar-refractivity contribution in [3.8, 4) is 5.75 Å². The first-order valence-electron chi connectivity index (χ1n) is 7.44. The molecule has 1 saturated heterocycles. The van der Waals surface area contributed by atoms with Gasteiger partial charge in [-0.15, -0.1) is 0 Å². The summed E-state index contributed by atoms with van der Waals surface area (Å²) < 4.78 is 5.44. The molecular formula is C16H22N2O2. The molecule has 0 aromatic heterocycles. The predicted molar refractivity (Wildman–Crippen MR) is 77.7 cm³/mol. The number of rotatable bonds is 2. The Morgan fingerprint density at radius 1 is 1.45 bits per heavy atom. The van der Waals surface area contributed by atoms with E-state index in [1.54, 1.807) is 7.11 Å². The molecule has 4 nitrogen and oxygen atoms in total. The SMILES string of the molecule is COc1cccc2c1CN(C(=O)C1CCCNC1)CC2. The van der Waals surface area contributed by atoms with Crippen LogP contribution in [0.2, 0.25) is 0 Å². The van der Waals surface area contributed by atoms with Crippen molar-refractivity contribution in [2.24, 2.45) is 5.92 Å². The summed E-state index contributed by atoms with van der Waals surface area (Å²) in [4.78, 5) is 14.6. The highest BCUT2D eigenvalue weighted by molar-refractivity contribution is 5.79. The van der Waals surface area contributed by atoms with E-state index in [2.05, 4.69) is 11.4 Å². The molecule has 0 saturated carbocycles. The lowest BCUT2D eigenvalue weighted by atomic mass is 9.94. The van der Waals surface area contributed by atoms with Crippen LogP contribution in [0.5, 0.6) is 5.75 Å². The summed E-state index contributed by atoms with van der Waals surface area (Å²) in [6.07, 6.45) is 3.05. The number of benzene rings is 1. The maximum atomic E-state index is 12.6. The predicted octanol–water partition coefficient (Wildman–Crippen LogP) is 1.58. The van der Waals surface area contributed by atoms with Gasteiger partial charge >= 0.3 is 0 Å². The van der Waals surface area contributed by atoms with Crippen molar-refractivity contribution in [3.63, 3.8) is 0 Å². The molecule has 2 aliphatic rings. The van der Waals surface area contributed by atoms with Gasteiger partial charge < -0.3 is 15.0 Å². The number of fused-ring (bicyclic) bond motifs is 1. The number of ether oxygens (including phenoxy) is 1. The topological polar surface area (TPSA) is 41.6 Å². The maximum absolute atomic E-state index is 12.6. The van der Waals surface area contributed by atoms with E-state index in [0.29, 0.717) is 12.5 Å². The molecule has 1 amide bonds. The van der Waals surface area contributed by atoms with Gasteiger partial charge in [0.2, 0.25) is 5.91 Å². The summed E-state index contributed by atoms with van der Waals surface area (Å²) in [6.45, 7) is 3.39. The van der Waals surface area contributed by atoms with Crippen LogP contribution in [0.25, 0.3) is 0 Å². The van der Waals surface area contributed by atoms with Crippen LogP contribution in [-0.4, -0.2) is 37.6 Å². The largest absolute Gasteiger partial charge is 0.496 e. The van der Waals surface area contributed by atoms with Crippen molar-refractivity contribution < 1.29 is 9.53 Å². The molecule has 3 rings (SSSR count). The van der Waals surface area contributed by atoms with Crippen LogP contribution in [0.3, 0.4) is 0 Å². The fraction of sp³-hybridized carbons (Fsp3) is 0.562. The average molecular weight is 274 g/mol. The minimum absolute atomic E-state index is 0.153. The van der Waals surface area contributed by atoms with Crippen LogP contribution >= 0.6 is 0 Å². The molecule has 1 atom stereocenters. The molecule has 1 aromatic carbocycles. The Morgan fingerprint density at radius 3 is 3.10 bits per heavy atom. The number of methoxy groups -OCH3 is 1. The van der Waals surface area contributed by atoms with Gasteiger partial charge in [0.1, 0.15) is 5.75 Å². The lowest BCUT2D eigenvalue weighted by molar-refractivity contribution is -0.137. The summed E-state index contributed by atoms with van der Waals surface area (Å²) >= 11 is 0. The summed E-state index contributed by atoms with van der Waals surface area (Å²) in [7, 11) is 1.70. The summed E-state index contributed by atoms with van der Waals surface area (Å²) in [5, 5.41) is 3.32. The van der Waals surface area contributed by atoms with Crippen LogP contribution in [-0.2, 0) is 17.8 Å². The molecular weight excluding hydrogens is 252 g/mol. The Bertz CT molecular complexity index is 481. The number of amides is 1. The van der Waals surface area contributed by atoms with E-state index in [1.165, 1.54) is 11.1 Å². The van der Waals surface area contributed by atoms with Gasteiger partial charge in [0.15, 0.2) is 0 Å². The van der Waals surface area contributed by atoms with Crippen molar-refractivity contribution in [2.75, 3.05) is 26.7 Å². The molecule has 20 heavy (non-hydrogen) atoms. The van der Waals surface area contributed by atoms with Crippen LogP contribution < -0.4 is 10.1 Å². The number of nitrogens with one attached hydrogen (secondary N) is 1. The van der Waals surface area contributed by atoms with E-state index in [-0.39, 0.29) is 5.92 Å². The highest BCUT2D eigenvalue weighted by Gasteiger charge is 2.29. The molecule has 0 spiro atoms. The molecule has 1 fully saturated rings. The molecule has 0 radical (unpaired) electrons. The molecule has 2 heterocycles. The highest BCUT2D eigenvalue weighted by Crippen LogP contribution is 2.29. The van der Waals surface area contributed by atoms with Gasteiger partial charge in [-0.3, -0.25) is 4.79 Å². The zero-order valence-corrected chi connectivity index (χ0v) is 12.0. The Kier molecular flexibility index (Phi) is 3.92. The number of carbonyl (C=O) groups is 1. The van der Waals surface area contributed by atoms with E-state index in [9.17, 15) is 4.79 Å². The molecule has 0 aliphatic carbocycles. The number of carbonyl (C=O) groups excluding carboxylic acids is 1. The molecule has 4 heteroatoms. The number of piperidine rings is 1. The van der Waals surface area contributed by atoms with E-state index in [1.807, 2.05) is 17.0 Å². The fourth-order valence-corrected chi connectivity index (χ4v) is 3.25. The fourth-order valence-electron chi connectivity index (χ4n) is 3.25. The molecule has 1 aromatic rings. The first-order chi connectivity index (χ1) is 9.79. The van der Waals surface area contributed by atoms with Gasteiger partial charge in [0, 0.05) is 25.2 Å². The molecule has 0 bridgehead atoms. The second-order valence-corrected chi connectivity index (χ2v) is 5.65. The van der Waals surface area contributed by atoms with Crippen molar-refractivity contribution >= 4 is 5.91 Å². The monoisotopic (exact) mass is 274 g/mol. The number of hydrogen-bond donors (Lipinski definition) is 1. The van der Waals surface area contributed by atoms with Crippen molar-refractivity contribution in [3.05, 3.63) is 29.3 Å². The summed E-state index contributed by atoms with van der Waals surface area (Å²) in [5.41, 5.74) is 2.49. The van der Waals surface area contributed by atoms with Crippen LogP contribution in [0.1, 0.15) is 24.0 Å². The molecule has 1 unspecified atom stereocenters. The Morgan fingerprint density at radius 2 is 2.35 bits per heavy atom. The first-order valence-corrected chi connectivity index (χ1v) is 7.44. The third kappa shape index (κ3) is 2.52. The smallest absolute Gasteiger partial charge is 0.227 e. The summed E-state index contributed by atoms with van der Waals surface area (Å²) in [5.74, 6) is 1.36. The van der Waals surface area contributed by atoms with Gasteiger partial charge in [-0.05, 0) is 37.4 Å². The van der Waals surface area contributed by atoms with Crippen molar-refractivity contribution in [2.45, 2.75) is 25.8 Å². The maximum Gasteiger partial charge on any atom is 0.227 e. The normalized spacial score (nSPS) is 22.2. The Hall–Kier alpha value is -1.55. The van der Waals surface area contributed by atoms with Crippen LogP contribution in [0.15, 0.2) is 18.2 Å². The highest BCUT2D eigenvalue weighted by atomic mass is 16.5. The van der Waals surface area contributed by atoms with E-state index in [4.69, 9.17) is 4.74 Å². The Labute approximate surface area is 120 Å². The lowest BCUT2D eigenvalue weighted by Crippen LogP contribution is -2.44. The van der Waals surface area contributed by atoms with Gasteiger partial charge in [-0.25, -0.2) is 0 Å². The second kappa shape index (κ2) is 5.83. The average Bonchev–Trinajstić information content (AvgIpc) is 2.54. The standard InChI is InChI=1S/C16H22N2O2/c1-20-15-6-2-4-12-7-9-18(11-14(12)15)16(19)13-5-3-8-17-10-13/h2,4,6,13,17H,3,5,7-11H2,1H3. The third-order valence-electron chi connectivity index (χ3n) is 4.41. The van der Waals surface area contributed by atoms with E-state index < -0.39 is 0 Å². The second-order valence-electron chi connectivity index (χ2n) is 5.65. The molecule has 1 N–H and O–H groups in total. The minimum atomic E-state index is 0.153. The Balaban J connectivity index is 1.75. The van der Waals surface area contributed by atoms with Gasteiger partial charge in [0.25, 0.3) is 0 Å². The van der Waals surface area contributed by atoms with Gasteiger partial charge in [-0.2, -0.15) is 0 Å². The van der Waals surface area contributed by atoms with Gasteiger partial charge in [-0.1, -0.05) is 12.1 Å². The summed E-state index contributed by atoms with van der Waals surface area (Å²) in [6, 6.07) is 6.15. The van der Waals surface area contributed by atoms with Crippen molar-refractivity contribution in [1.82, 2.24) is 10.2 Å². The lowest BCUT2D eigenvalue weighted by Gasteiger charge is -2.33. The van der Waals surface area contributed by atoms with E-state index in [0.717, 1.165) is 44.6 Å². The third-order valence-corrected chi connectivity index (χ3v) is 4.41. The molecule has 2 aliphatic heterocycles.